The summed E-state index contributed by atoms with van der Waals surface area (Å²) < 4.78 is 0.856. The van der Waals surface area contributed by atoms with Gasteiger partial charge in [-0.3, -0.25) is 4.79 Å². The third-order valence-corrected chi connectivity index (χ3v) is 3.07. The maximum atomic E-state index is 11.8. The quantitative estimate of drug-likeness (QED) is 0.893. The third kappa shape index (κ3) is 4.66. The lowest BCUT2D eigenvalue weighted by atomic mass is 10.0. The highest BCUT2D eigenvalue weighted by Gasteiger charge is 2.16. The van der Waals surface area contributed by atoms with E-state index in [9.17, 15) is 4.79 Å². The molecule has 1 aromatic carbocycles. The average Bonchev–Trinajstić information content (AvgIpc) is 2.22. The Balaban J connectivity index is 2.70. The molecule has 0 fully saturated rings. The van der Waals surface area contributed by atoms with Crippen molar-refractivity contribution in [3.05, 3.63) is 27.7 Å². The van der Waals surface area contributed by atoms with Gasteiger partial charge in [0.25, 0.3) is 0 Å². The number of rotatable bonds is 4. The molecule has 0 radical (unpaired) electrons. The summed E-state index contributed by atoms with van der Waals surface area (Å²) in [6.45, 7) is 4.05. The second-order valence-corrected chi connectivity index (χ2v) is 5.67. The number of amides is 1. The third-order valence-electron chi connectivity index (χ3n) is 2.25. The van der Waals surface area contributed by atoms with E-state index in [2.05, 4.69) is 21.2 Å². The molecule has 0 saturated heterocycles. The highest BCUT2D eigenvalue weighted by Crippen LogP contribution is 2.25. The Hall–Kier alpha value is -0.580. The van der Waals surface area contributed by atoms with E-state index in [0.29, 0.717) is 23.0 Å². The van der Waals surface area contributed by atoms with Crippen molar-refractivity contribution in [2.24, 2.45) is 11.7 Å². The molecule has 0 bridgehead atoms. The summed E-state index contributed by atoms with van der Waals surface area (Å²) in [5.41, 5.74) is 6.36. The highest BCUT2D eigenvalue weighted by molar-refractivity contribution is 9.10. The maximum absolute atomic E-state index is 11.8. The number of benzene rings is 1. The highest BCUT2D eigenvalue weighted by atomic mass is 79.9. The summed E-state index contributed by atoms with van der Waals surface area (Å²) in [6.07, 6.45) is 0.650. The summed E-state index contributed by atoms with van der Waals surface area (Å²) in [4.78, 5) is 11.8. The summed E-state index contributed by atoms with van der Waals surface area (Å²) in [5.74, 6) is 0.174. The molecule has 0 aliphatic rings. The second-order valence-electron chi connectivity index (χ2n) is 4.35. The Morgan fingerprint density at radius 2 is 2.18 bits per heavy atom. The zero-order valence-corrected chi connectivity index (χ0v) is 12.2. The molecule has 94 valence electrons. The molecule has 3 N–H and O–H groups in total. The number of carbonyl (C=O) groups excluding carboxylic acids is 1. The summed E-state index contributed by atoms with van der Waals surface area (Å²) in [5, 5.41) is 3.23. The minimum atomic E-state index is -0.509. The van der Waals surface area contributed by atoms with Gasteiger partial charge in [0.05, 0.1) is 16.8 Å². The van der Waals surface area contributed by atoms with Gasteiger partial charge < -0.3 is 11.1 Å². The van der Waals surface area contributed by atoms with Gasteiger partial charge in [-0.1, -0.05) is 41.4 Å². The molecule has 0 aromatic heterocycles. The molecular weight excluding hydrogens is 304 g/mol. The van der Waals surface area contributed by atoms with Crippen molar-refractivity contribution in [3.63, 3.8) is 0 Å². The molecule has 1 amide bonds. The van der Waals surface area contributed by atoms with Crippen LogP contribution in [0.25, 0.3) is 0 Å². The van der Waals surface area contributed by atoms with Crippen molar-refractivity contribution in [1.29, 1.82) is 0 Å². The summed E-state index contributed by atoms with van der Waals surface area (Å²) in [7, 11) is 0. The number of nitrogens with one attached hydrogen (secondary N) is 1. The number of hydrogen-bond donors (Lipinski definition) is 2. The van der Waals surface area contributed by atoms with Crippen molar-refractivity contribution in [2.75, 3.05) is 5.32 Å². The lowest BCUT2D eigenvalue weighted by molar-refractivity contribution is -0.117. The molecule has 0 aliphatic carbocycles. The van der Waals surface area contributed by atoms with Gasteiger partial charge >= 0.3 is 0 Å². The molecule has 1 rings (SSSR count). The van der Waals surface area contributed by atoms with E-state index in [0.717, 1.165) is 4.47 Å². The van der Waals surface area contributed by atoms with Crippen LogP contribution in [0.5, 0.6) is 0 Å². The van der Waals surface area contributed by atoms with Crippen LogP contribution < -0.4 is 11.1 Å². The second kappa shape index (κ2) is 6.38. The van der Waals surface area contributed by atoms with Crippen LogP contribution in [-0.4, -0.2) is 11.9 Å². The smallest absolute Gasteiger partial charge is 0.241 e. The van der Waals surface area contributed by atoms with Crippen molar-refractivity contribution < 1.29 is 4.79 Å². The lowest BCUT2D eigenvalue weighted by Gasteiger charge is -2.15. The number of hydrogen-bond acceptors (Lipinski definition) is 2. The van der Waals surface area contributed by atoms with Crippen LogP contribution in [0.3, 0.4) is 0 Å². The van der Waals surface area contributed by atoms with E-state index < -0.39 is 6.04 Å². The number of nitrogens with two attached hydrogens (primary N) is 1. The number of carbonyl (C=O) groups is 1. The van der Waals surface area contributed by atoms with Crippen LogP contribution in [0.2, 0.25) is 5.02 Å². The van der Waals surface area contributed by atoms with Crippen LogP contribution in [0.15, 0.2) is 22.7 Å². The first kappa shape index (κ1) is 14.5. The van der Waals surface area contributed by atoms with Crippen LogP contribution in [0.4, 0.5) is 5.69 Å². The molecule has 0 spiro atoms. The molecule has 0 aliphatic heterocycles. The van der Waals surface area contributed by atoms with Crippen LogP contribution in [0, 0.1) is 5.92 Å². The average molecular weight is 320 g/mol. The van der Waals surface area contributed by atoms with E-state index in [4.69, 9.17) is 17.3 Å². The molecule has 0 saturated carbocycles. The Morgan fingerprint density at radius 3 is 2.76 bits per heavy atom. The van der Waals surface area contributed by atoms with Crippen LogP contribution in [0.1, 0.15) is 20.3 Å². The molecule has 0 unspecified atom stereocenters. The topological polar surface area (TPSA) is 55.1 Å². The Morgan fingerprint density at radius 1 is 1.53 bits per heavy atom. The largest absolute Gasteiger partial charge is 0.323 e. The van der Waals surface area contributed by atoms with Crippen molar-refractivity contribution in [3.8, 4) is 0 Å². The summed E-state index contributed by atoms with van der Waals surface area (Å²) >= 11 is 9.30. The van der Waals surface area contributed by atoms with E-state index in [1.165, 1.54) is 0 Å². The van der Waals surface area contributed by atoms with E-state index >= 15 is 0 Å². The van der Waals surface area contributed by atoms with E-state index in [1.54, 1.807) is 12.1 Å². The minimum Gasteiger partial charge on any atom is -0.323 e. The minimum absolute atomic E-state index is 0.210. The molecule has 1 atom stereocenters. The Labute approximate surface area is 115 Å². The van der Waals surface area contributed by atoms with Crippen molar-refractivity contribution in [2.45, 2.75) is 26.3 Å². The monoisotopic (exact) mass is 318 g/mol. The molecular formula is C12H16BrClN2O. The number of halogens is 2. The number of anilines is 1. The zero-order valence-electron chi connectivity index (χ0n) is 9.84. The normalized spacial score (nSPS) is 12.6. The van der Waals surface area contributed by atoms with Gasteiger partial charge in [0, 0.05) is 4.47 Å². The predicted molar refractivity (Wildman–Crippen MR) is 75.2 cm³/mol. The first-order valence-electron chi connectivity index (χ1n) is 5.41. The van der Waals surface area contributed by atoms with Crippen LogP contribution >= 0.6 is 27.5 Å². The first-order chi connectivity index (χ1) is 7.90. The van der Waals surface area contributed by atoms with Crippen molar-refractivity contribution in [1.82, 2.24) is 0 Å². The summed E-state index contributed by atoms with van der Waals surface area (Å²) in [6, 6.07) is 4.77. The fraction of sp³-hybridized carbons (Fsp3) is 0.417. The maximum Gasteiger partial charge on any atom is 0.241 e. The zero-order chi connectivity index (χ0) is 13.0. The van der Waals surface area contributed by atoms with Crippen molar-refractivity contribution >= 4 is 39.1 Å². The predicted octanol–water partition coefficient (Wildman–Crippen LogP) is 3.41. The van der Waals surface area contributed by atoms with E-state index in [-0.39, 0.29) is 5.91 Å². The molecule has 0 heterocycles. The van der Waals surface area contributed by atoms with Gasteiger partial charge in [0.15, 0.2) is 0 Å². The van der Waals surface area contributed by atoms with Gasteiger partial charge in [-0.2, -0.15) is 0 Å². The standard InChI is InChI=1S/C12H16BrClN2O/c1-7(2)5-10(15)12(17)16-11-6-8(13)3-4-9(11)14/h3-4,6-7,10H,5,15H2,1-2H3,(H,16,17)/t10-/m0/s1. The first-order valence-corrected chi connectivity index (χ1v) is 6.58. The van der Waals surface area contributed by atoms with Gasteiger partial charge in [-0.25, -0.2) is 0 Å². The van der Waals surface area contributed by atoms with E-state index in [1.807, 2.05) is 19.9 Å². The van der Waals surface area contributed by atoms with Gasteiger partial charge in [-0.15, -0.1) is 0 Å². The lowest BCUT2D eigenvalue weighted by Crippen LogP contribution is -2.36. The van der Waals surface area contributed by atoms with Gasteiger partial charge in [0.2, 0.25) is 5.91 Å². The van der Waals surface area contributed by atoms with Crippen LogP contribution in [-0.2, 0) is 4.79 Å². The molecule has 17 heavy (non-hydrogen) atoms. The van der Waals surface area contributed by atoms with Gasteiger partial charge in [-0.05, 0) is 30.5 Å². The molecule has 5 heteroatoms. The van der Waals surface area contributed by atoms with Gasteiger partial charge in [0.1, 0.15) is 0 Å². The molecule has 1 aromatic rings. The Bertz CT molecular complexity index is 409. The fourth-order valence-corrected chi connectivity index (χ4v) is 1.96. The SMILES string of the molecule is CC(C)C[C@H](N)C(=O)Nc1cc(Br)ccc1Cl. The molecule has 3 nitrogen and oxygen atoms in total. The Kier molecular flexibility index (Phi) is 5.43. The fourth-order valence-electron chi connectivity index (χ4n) is 1.43.